The molecule has 3 aromatic rings. The average Bonchev–Trinajstić information content (AvgIpc) is 2.85. The third-order valence-corrected chi connectivity index (χ3v) is 3.50. The SMILES string of the molecule is COc1cccc(-c2nc(C#N)c3ccc(Br)cn23)c1. The lowest BCUT2D eigenvalue weighted by molar-refractivity contribution is 0.415. The van der Waals surface area contributed by atoms with Crippen molar-refractivity contribution in [2.75, 3.05) is 7.11 Å². The van der Waals surface area contributed by atoms with Gasteiger partial charge < -0.3 is 4.74 Å². The number of fused-ring (bicyclic) bond motifs is 1. The Labute approximate surface area is 124 Å². The van der Waals surface area contributed by atoms with Gasteiger partial charge in [0.2, 0.25) is 0 Å². The van der Waals surface area contributed by atoms with Crippen LogP contribution < -0.4 is 4.74 Å². The number of imidazole rings is 1. The molecule has 0 N–H and O–H groups in total. The van der Waals surface area contributed by atoms with Crippen molar-refractivity contribution >= 4 is 21.4 Å². The number of nitrogens with zero attached hydrogens (tertiary/aromatic N) is 3. The van der Waals surface area contributed by atoms with Gasteiger partial charge in [-0.15, -0.1) is 0 Å². The lowest BCUT2D eigenvalue weighted by Crippen LogP contribution is -1.90. The van der Waals surface area contributed by atoms with Crippen LogP contribution in [-0.4, -0.2) is 16.5 Å². The summed E-state index contributed by atoms with van der Waals surface area (Å²) in [6.07, 6.45) is 1.90. The maximum absolute atomic E-state index is 9.20. The molecule has 3 rings (SSSR count). The second-order valence-electron chi connectivity index (χ2n) is 4.23. The van der Waals surface area contributed by atoms with E-state index < -0.39 is 0 Å². The van der Waals surface area contributed by atoms with Crippen LogP contribution in [0.4, 0.5) is 0 Å². The predicted octanol–water partition coefficient (Wildman–Crippen LogP) is 3.64. The molecule has 0 bridgehead atoms. The molecule has 0 fully saturated rings. The van der Waals surface area contributed by atoms with E-state index in [0.29, 0.717) is 5.69 Å². The predicted molar refractivity (Wildman–Crippen MR) is 79.6 cm³/mol. The van der Waals surface area contributed by atoms with Gasteiger partial charge in [-0.3, -0.25) is 4.40 Å². The van der Waals surface area contributed by atoms with Crippen molar-refractivity contribution in [3.05, 3.63) is 52.8 Å². The van der Waals surface area contributed by atoms with E-state index in [1.54, 1.807) is 7.11 Å². The Hall–Kier alpha value is -2.32. The number of hydrogen-bond acceptors (Lipinski definition) is 3. The van der Waals surface area contributed by atoms with E-state index in [4.69, 9.17) is 4.74 Å². The van der Waals surface area contributed by atoms with Crippen LogP contribution in [0.2, 0.25) is 0 Å². The molecule has 0 aliphatic heterocycles. The molecule has 0 saturated carbocycles. The molecular formula is C15H10BrN3O. The van der Waals surface area contributed by atoms with Crippen LogP contribution in [0.1, 0.15) is 5.69 Å². The summed E-state index contributed by atoms with van der Waals surface area (Å²) in [5, 5.41) is 9.20. The molecule has 4 nitrogen and oxygen atoms in total. The third kappa shape index (κ3) is 2.04. The van der Waals surface area contributed by atoms with Gasteiger partial charge in [-0.25, -0.2) is 4.98 Å². The zero-order chi connectivity index (χ0) is 14.1. The van der Waals surface area contributed by atoms with E-state index in [2.05, 4.69) is 27.0 Å². The van der Waals surface area contributed by atoms with Gasteiger partial charge in [-0.05, 0) is 40.2 Å². The molecule has 2 heterocycles. The molecule has 1 aromatic carbocycles. The molecule has 0 saturated heterocycles. The van der Waals surface area contributed by atoms with Crippen molar-refractivity contribution in [3.63, 3.8) is 0 Å². The minimum absolute atomic E-state index is 0.412. The van der Waals surface area contributed by atoms with Crippen molar-refractivity contribution in [2.24, 2.45) is 0 Å². The summed E-state index contributed by atoms with van der Waals surface area (Å²) in [7, 11) is 1.63. The Bertz CT molecular complexity index is 833. The van der Waals surface area contributed by atoms with Gasteiger partial charge in [0.15, 0.2) is 5.69 Å². The summed E-state index contributed by atoms with van der Waals surface area (Å²) in [6, 6.07) is 13.5. The number of nitriles is 1. The number of pyridine rings is 1. The highest BCUT2D eigenvalue weighted by atomic mass is 79.9. The third-order valence-electron chi connectivity index (χ3n) is 3.03. The molecular weight excluding hydrogens is 318 g/mol. The molecule has 5 heteroatoms. The van der Waals surface area contributed by atoms with Crippen molar-refractivity contribution in [1.29, 1.82) is 5.26 Å². The van der Waals surface area contributed by atoms with E-state index in [1.165, 1.54) is 0 Å². The maximum atomic E-state index is 9.20. The zero-order valence-corrected chi connectivity index (χ0v) is 12.3. The summed E-state index contributed by atoms with van der Waals surface area (Å²) in [5.41, 5.74) is 2.10. The minimum Gasteiger partial charge on any atom is -0.497 e. The van der Waals surface area contributed by atoms with Crippen LogP contribution in [0.15, 0.2) is 47.1 Å². The van der Waals surface area contributed by atoms with E-state index in [9.17, 15) is 5.26 Å². The van der Waals surface area contributed by atoms with Crippen LogP contribution in [0.3, 0.4) is 0 Å². The number of benzene rings is 1. The average molecular weight is 328 g/mol. The number of halogens is 1. The second-order valence-corrected chi connectivity index (χ2v) is 5.15. The van der Waals surface area contributed by atoms with Crippen molar-refractivity contribution in [3.8, 4) is 23.2 Å². The van der Waals surface area contributed by atoms with Crippen molar-refractivity contribution in [2.45, 2.75) is 0 Å². The number of hydrogen-bond donors (Lipinski definition) is 0. The second kappa shape index (κ2) is 4.99. The Balaban J connectivity index is 2.30. The molecule has 0 spiro atoms. The van der Waals surface area contributed by atoms with Gasteiger partial charge in [-0.1, -0.05) is 12.1 Å². The maximum Gasteiger partial charge on any atom is 0.166 e. The molecule has 0 aliphatic carbocycles. The zero-order valence-electron chi connectivity index (χ0n) is 10.7. The first-order chi connectivity index (χ1) is 9.72. The topological polar surface area (TPSA) is 50.3 Å². The largest absolute Gasteiger partial charge is 0.497 e. The van der Waals surface area contributed by atoms with Gasteiger partial charge in [0, 0.05) is 16.2 Å². The lowest BCUT2D eigenvalue weighted by atomic mass is 10.2. The fraction of sp³-hybridized carbons (Fsp3) is 0.0667. The van der Waals surface area contributed by atoms with Gasteiger partial charge >= 0.3 is 0 Å². The standard InChI is InChI=1S/C15H10BrN3O/c1-20-12-4-2-3-10(7-12)15-18-13(8-17)14-6-5-11(16)9-19(14)15/h2-7,9H,1H3. The van der Waals surface area contributed by atoms with Gasteiger partial charge in [-0.2, -0.15) is 5.26 Å². The summed E-state index contributed by atoms with van der Waals surface area (Å²) in [5.74, 6) is 1.48. The molecule has 98 valence electrons. The number of aromatic nitrogens is 2. The summed E-state index contributed by atoms with van der Waals surface area (Å²) >= 11 is 3.44. The molecule has 0 atom stereocenters. The van der Waals surface area contributed by atoms with Crippen molar-refractivity contribution < 1.29 is 4.74 Å². The summed E-state index contributed by atoms with van der Waals surface area (Å²) in [6.45, 7) is 0. The first-order valence-corrected chi connectivity index (χ1v) is 6.74. The fourth-order valence-corrected chi connectivity index (χ4v) is 2.45. The van der Waals surface area contributed by atoms with Crippen LogP contribution in [0.25, 0.3) is 16.9 Å². The summed E-state index contributed by atoms with van der Waals surface area (Å²) in [4.78, 5) is 4.42. The van der Waals surface area contributed by atoms with E-state index in [-0.39, 0.29) is 0 Å². The van der Waals surface area contributed by atoms with Gasteiger partial charge in [0.05, 0.1) is 12.6 Å². The molecule has 20 heavy (non-hydrogen) atoms. The van der Waals surface area contributed by atoms with E-state index >= 15 is 0 Å². The normalized spacial score (nSPS) is 10.4. The molecule has 0 aliphatic rings. The van der Waals surface area contributed by atoms with Crippen LogP contribution in [-0.2, 0) is 0 Å². The highest BCUT2D eigenvalue weighted by Gasteiger charge is 2.13. The fourth-order valence-electron chi connectivity index (χ4n) is 2.11. The van der Waals surface area contributed by atoms with E-state index in [0.717, 1.165) is 27.1 Å². The monoisotopic (exact) mass is 327 g/mol. The van der Waals surface area contributed by atoms with Gasteiger partial charge in [0.1, 0.15) is 17.6 Å². The highest BCUT2D eigenvalue weighted by molar-refractivity contribution is 9.10. The number of methoxy groups -OCH3 is 1. The van der Waals surface area contributed by atoms with E-state index in [1.807, 2.05) is 47.0 Å². The first-order valence-electron chi connectivity index (χ1n) is 5.95. The van der Waals surface area contributed by atoms with Crippen molar-refractivity contribution in [1.82, 2.24) is 9.38 Å². The van der Waals surface area contributed by atoms with Crippen LogP contribution in [0, 0.1) is 11.3 Å². The quantitative estimate of drug-likeness (QED) is 0.722. The lowest BCUT2D eigenvalue weighted by Gasteiger charge is -2.04. The number of rotatable bonds is 2. The highest BCUT2D eigenvalue weighted by Crippen LogP contribution is 2.26. The van der Waals surface area contributed by atoms with Crippen LogP contribution >= 0.6 is 15.9 Å². The Morgan fingerprint density at radius 1 is 1.30 bits per heavy atom. The Morgan fingerprint density at radius 3 is 2.90 bits per heavy atom. The minimum atomic E-state index is 0.412. The smallest absolute Gasteiger partial charge is 0.166 e. The molecule has 0 amide bonds. The first kappa shape index (κ1) is 12.7. The summed E-state index contributed by atoms with van der Waals surface area (Å²) < 4.78 is 8.06. The van der Waals surface area contributed by atoms with Crippen LogP contribution in [0.5, 0.6) is 5.75 Å². The Morgan fingerprint density at radius 2 is 2.15 bits per heavy atom. The molecule has 0 radical (unpaired) electrons. The number of ether oxygens (including phenoxy) is 1. The van der Waals surface area contributed by atoms with Gasteiger partial charge in [0.25, 0.3) is 0 Å². The molecule has 0 unspecified atom stereocenters. The Kier molecular flexibility index (Phi) is 3.17. The molecule has 2 aromatic heterocycles.